The molecule has 1 N–H and O–H groups in total. The lowest BCUT2D eigenvalue weighted by Gasteiger charge is -2.13. The second-order valence-corrected chi connectivity index (χ2v) is 5.93. The van der Waals surface area contributed by atoms with Crippen LogP contribution in [0.1, 0.15) is 17.5 Å². The van der Waals surface area contributed by atoms with Crippen molar-refractivity contribution in [3.63, 3.8) is 0 Å². The first-order valence-electron chi connectivity index (χ1n) is 8.27. The molecule has 1 heterocycles. The Labute approximate surface area is 161 Å². The third-order valence-corrected chi connectivity index (χ3v) is 3.88. The highest BCUT2D eigenvalue weighted by Crippen LogP contribution is 2.23. The van der Waals surface area contributed by atoms with Crippen LogP contribution in [0.2, 0.25) is 0 Å². The second-order valence-electron chi connectivity index (χ2n) is 5.93. The summed E-state index contributed by atoms with van der Waals surface area (Å²) in [6.07, 6.45) is -1.39. The minimum Gasteiger partial charge on any atom is -0.449 e. The van der Waals surface area contributed by atoms with Crippen LogP contribution in [0.4, 0.5) is 23.2 Å². The van der Waals surface area contributed by atoms with Crippen LogP contribution in [0.25, 0.3) is 11.3 Å². The molecule has 1 aromatic heterocycles. The van der Waals surface area contributed by atoms with Gasteiger partial charge in [-0.3, -0.25) is 4.79 Å². The van der Waals surface area contributed by atoms with Gasteiger partial charge in [0, 0.05) is 5.56 Å². The van der Waals surface area contributed by atoms with Crippen molar-refractivity contribution < 1.29 is 36.3 Å². The average molecular weight is 407 g/mol. The fraction of sp³-hybridized carbons (Fsp3) is 0.100. The van der Waals surface area contributed by atoms with Gasteiger partial charge in [-0.05, 0) is 55.5 Å². The number of furan rings is 1. The van der Waals surface area contributed by atoms with Crippen LogP contribution in [0.3, 0.4) is 0 Å². The molecule has 5 nitrogen and oxygen atoms in total. The topological polar surface area (TPSA) is 68.5 Å². The van der Waals surface area contributed by atoms with Crippen LogP contribution in [0.15, 0.2) is 52.9 Å². The molecule has 0 spiro atoms. The summed E-state index contributed by atoms with van der Waals surface area (Å²) in [4.78, 5) is 24.2. The molecule has 0 fully saturated rings. The van der Waals surface area contributed by atoms with Gasteiger partial charge in [0.25, 0.3) is 5.91 Å². The standard InChI is InChI=1S/C20H13F4NO4/c1-10(19(26)25-14-7-6-13(22)17(23)18(14)24)28-20(27)16-9-8-15(29-16)11-2-4-12(21)5-3-11/h2-10H,1H3,(H,25,26). The Hall–Kier alpha value is -3.62. The van der Waals surface area contributed by atoms with E-state index in [4.69, 9.17) is 9.15 Å². The number of esters is 1. The summed E-state index contributed by atoms with van der Waals surface area (Å²) in [5, 5.41) is 2.01. The van der Waals surface area contributed by atoms with E-state index in [9.17, 15) is 27.2 Å². The maximum Gasteiger partial charge on any atom is 0.375 e. The Morgan fingerprint density at radius 2 is 1.62 bits per heavy atom. The van der Waals surface area contributed by atoms with Crippen LogP contribution in [0.5, 0.6) is 0 Å². The van der Waals surface area contributed by atoms with E-state index in [1.165, 1.54) is 43.3 Å². The van der Waals surface area contributed by atoms with Crippen molar-refractivity contribution >= 4 is 17.6 Å². The largest absolute Gasteiger partial charge is 0.449 e. The molecule has 1 amide bonds. The number of rotatable bonds is 5. The molecule has 3 aromatic rings. The van der Waals surface area contributed by atoms with E-state index in [-0.39, 0.29) is 11.5 Å². The molecule has 29 heavy (non-hydrogen) atoms. The van der Waals surface area contributed by atoms with Crippen LogP contribution >= 0.6 is 0 Å². The molecule has 9 heteroatoms. The molecule has 0 aliphatic heterocycles. The number of ether oxygens (including phenoxy) is 1. The Morgan fingerprint density at radius 3 is 2.31 bits per heavy atom. The molecule has 0 aliphatic rings. The maximum atomic E-state index is 13.6. The Kier molecular flexibility index (Phi) is 5.67. The Morgan fingerprint density at radius 1 is 0.931 bits per heavy atom. The van der Waals surface area contributed by atoms with E-state index in [0.717, 1.165) is 6.07 Å². The molecular weight excluding hydrogens is 394 g/mol. The van der Waals surface area contributed by atoms with Crippen molar-refractivity contribution in [3.05, 3.63) is 77.6 Å². The number of amides is 1. The van der Waals surface area contributed by atoms with Gasteiger partial charge in [0.05, 0.1) is 5.69 Å². The highest BCUT2D eigenvalue weighted by molar-refractivity contribution is 5.96. The first-order chi connectivity index (χ1) is 13.8. The molecule has 0 radical (unpaired) electrons. The van der Waals surface area contributed by atoms with E-state index in [1.54, 1.807) is 0 Å². The molecule has 3 rings (SSSR count). The summed E-state index contributed by atoms with van der Waals surface area (Å²) < 4.78 is 63.0. The van der Waals surface area contributed by atoms with Gasteiger partial charge in [-0.1, -0.05) is 0 Å². The quantitative estimate of drug-likeness (QED) is 0.379. The van der Waals surface area contributed by atoms with Crippen LogP contribution in [-0.4, -0.2) is 18.0 Å². The van der Waals surface area contributed by atoms with E-state index in [2.05, 4.69) is 0 Å². The molecule has 1 atom stereocenters. The van der Waals surface area contributed by atoms with E-state index in [0.29, 0.717) is 11.6 Å². The van der Waals surface area contributed by atoms with Crippen LogP contribution in [-0.2, 0) is 9.53 Å². The fourth-order valence-electron chi connectivity index (χ4n) is 2.35. The summed E-state index contributed by atoms with van der Waals surface area (Å²) >= 11 is 0. The predicted octanol–water partition coefficient (Wildman–Crippen LogP) is 4.69. The fourth-order valence-corrected chi connectivity index (χ4v) is 2.35. The van der Waals surface area contributed by atoms with Crippen molar-refractivity contribution in [1.29, 1.82) is 0 Å². The molecular formula is C20H13F4NO4. The lowest BCUT2D eigenvalue weighted by atomic mass is 10.2. The summed E-state index contributed by atoms with van der Waals surface area (Å²) in [5.74, 6) is -7.04. The molecule has 0 aliphatic carbocycles. The van der Waals surface area contributed by atoms with E-state index >= 15 is 0 Å². The number of hydrogen-bond acceptors (Lipinski definition) is 4. The lowest BCUT2D eigenvalue weighted by Crippen LogP contribution is -2.30. The smallest absolute Gasteiger partial charge is 0.375 e. The van der Waals surface area contributed by atoms with Gasteiger partial charge in [-0.25, -0.2) is 22.4 Å². The third-order valence-electron chi connectivity index (χ3n) is 3.88. The number of nitrogens with one attached hydrogen (secondary N) is 1. The minimum atomic E-state index is -1.74. The molecule has 150 valence electrons. The number of carbonyl (C=O) groups is 2. The zero-order chi connectivity index (χ0) is 21.1. The van der Waals surface area contributed by atoms with Crippen molar-refractivity contribution in [3.8, 4) is 11.3 Å². The molecule has 2 aromatic carbocycles. The van der Waals surface area contributed by atoms with Crippen LogP contribution in [0, 0.1) is 23.3 Å². The summed E-state index contributed by atoms with van der Waals surface area (Å²) in [5.41, 5.74) is -0.0848. The zero-order valence-corrected chi connectivity index (χ0v) is 14.8. The zero-order valence-electron chi connectivity index (χ0n) is 14.8. The summed E-state index contributed by atoms with van der Waals surface area (Å²) in [7, 11) is 0. The Bertz CT molecular complexity index is 1060. The van der Waals surface area contributed by atoms with Gasteiger partial charge < -0.3 is 14.5 Å². The van der Waals surface area contributed by atoms with Gasteiger partial charge >= 0.3 is 5.97 Å². The van der Waals surface area contributed by atoms with E-state index < -0.39 is 46.9 Å². The average Bonchev–Trinajstić information content (AvgIpc) is 3.19. The highest BCUT2D eigenvalue weighted by Gasteiger charge is 2.23. The van der Waals surface area contributed by atoms with E-state index in [1.807, 2.05) is 5.32 Å². The first-order valence-corrected chi connectivity index (χ1v) is 8.27. The molecule has 0 saturated carbocycles. The van der Waals surface area contributed by atoms with Gasteiger partial charge in [0.15, 0.2) is 23.6 Å². The van der Waals surface area contributed by atoms with Gasteiger partial charge in [0.1, 0.15) is 11.6 Å². The third kappa shape index (κ3) is 4.45. The van der Waals surface area contributed by atoms with Crippen molar-refractivity contribution in [2.45, 2.75) is 13.0 Å². The SMILES string of the molecule is CC(OC(=O)c1ccc(-c2ccc(F)cc2)o1)C(=O)Nc1ccc(F)c(F)c1F. The van der Waals surface area contributed by atoms with Crippen LogP contribution < -0.4 is 5.32 Å². The van der Waals surface area contributed by atoms with Crippen molar-refractivity contribution in [2.24, 2.45) is 0 Å². The second kappa shape index (κ2) is 8.17. The maximum absolute atomic E-state index is 13.6. The number of halogens is 4. The summed E-state index contributed by atoms with van der Waals surface area (Å²) in [6.45, 7) is 1.20. The Balaban J connectivity index is 1.65. The lowest BCUT2D eigenvalue weighted by molar-refractivity contribution is -0.123. The summed E-state index contributed by atoms with van der Waals surface area (Å²) in [6, 6.07) is 9.60. The molecule has 0 bridgehead atoms. The first kappa shape index (κ1) is 20.1. The van der Waals surface area contributed by atoms with Gasteiger partial charge in [-0.15, -0.1) is 0 Å². The predicted molar refractivity (Wildman–Crippen MR) is 93.9 cm³/mol. The number of carbonyl (C=O) groups excluding carboxylic acids is 2. The van der Waals surface area contributed by atoms with Crippen molar-refractivity contribution in [1.82, 2.24) is 0 Å². The number of hydrogen-bond donors (Lipinski definition) is 1. The molecule has 1 unspecified atom stereocenters. The van der Waals surface area contributed by atoms with Gasteiger partial charge in [0.2, 0.25) is 5.76 Å². The van der Waals surface area contributed by atoms with Crippen molar-refractivity contribution in [2.75, 3.05) is 5.32 Å². The number of anilines is 1. The minimum absolute atomic E-state index is 0.219. The van der Waals surface area contributed by atoms with Gasteiger partial charge in [-0.2, -0.15) is 0 Å². The number of benzene rings is 2. The monoisotopic (exact) mass is 407 g/mol. The normalized spacial score (nSPS) is 11.8. The molecule has 0 saturated heterocycles. The highest BCUT2D eigenvalue weighted by atomic mass is 19.2.